The molecule has 1 aromatic rings. The summed E-state index contributed by atoms with van der Waals surface area (Å²) in [5.41, 5.74) is 10.1. The van der Waals surface area contributed by atoms with Crippen LogP contribution in [0.25, 0.3) is 10.4 Å². The first-order valence-corrected chi connectivity index (χ1v) is 6.26. The normalized spacial score (nSPS) is 10.2. The van der Waals surface area contributed by atoms with Crippen LogP contribution in [-0.2, 0) is 6.42 Å². The van der Waals surface area contributed by atoms with E-state index in [0.29, 0.717) is 25.3 Å². The molecule has 0 aliphatic heterocycles. The zero-order chi connectivity index (χ0) is 13.4. The molecule has 0 heterocycles. The zero-order valence-corrected chi connectivity index (χ0v) is 11.0. The van der Waals surface area contributed by atoms with Crippen molar-refractivity contribution >= 4 is 5.78 Å². The van der Waals surface area contributed by atoms with Gasteiger partial charge in [-0.3, -0.25) is 4.79 Å². The van der Waals surface area contributed by atoms with Gasteiger partial charge in [-0.15, -0.1) is 0 Å². The van der Waals surface area contributed by atoms with Crippen LogP contribution < -0.4 is 0 Å². The van der Waals surface area contributed by atoms with Crippen LogP contribution in [0.5, 0.6) is 0 Å². The van der Waals surface area contributed by atoms with E-state index < -0.39 is 0 Å². The van der Waals surface area contributed by atoms with Crippen molar-refractivity contribution in [3.8, 4) is 0 Å². The molecule has 0 amide bonds. The number of hydrogen-bond acceptors (Lipinski definition) is 2. The van der Waals surface area contributed by atoms with Crippen LogP contribution in [0.15, 0.2) is 29.4 Å². The van der Waals surface area contributed by atoms with Crippen molar-refractivity contribution < 1.29 is 4.79 Å². The minimum absolute atomic E-state index is 0.110. The Morgan fingerprint density at radius 1 is 1.33 bits per heavy atom. The predicted molar refractivity (Wildman–Crippen MR) is 72.6 cm³/mol. The Labute approximate surface area is 108 Å². The van der Waals surface area contributed by atoms with Crippen LogP contribution in [-0.4, -0.2) is 12.3 Å². The number of carbonyl (C=O) groups excluding carboxylic acids is 1. The highest BCUT2D eigenvalue weighted by atomic mass is 16.1. The standard InChI is InChI=1S/C14H19N3O/c1-11(2)10-12-5-7-13(8-6-12)14(18)4-3-9-16-17-15/h5-8,11H,3-4,9-10H2,1-2H3. The smallest absolute Gasteiger partial charge is 0.162 e. The van der Waals surface area contributed by atoms with E-state index in [2.05, 4.69) is 23.9 Å². The average Bonchev–Trinajstić information content (AvgIpc) is 2.34. The van der Waals surface area contributed by atoms with Gasteiger partial charge in [-0.1, -0.05) is 43.2 Å². The SMILES string of the molecule is CC(C)Cc1ccc(C(=O)CCCN=[N+]=[N-])cc1. The number of carbonyl (C=O) groups is 1. The molecule has 0 unspecified atom stereocenters. The van der Waals surface area contributed by atoms with E-state index in [9.17, 15) is 4.79 Å². The Hall–Kier alpha value is -1.80. The van der Waals surface area contributed by atoms with Gasteiger partial charge in [0.25, 0.3) is 0 Å². The van der Waals surface area contributed by atoms with E-state index in [1.807, 2.05) is 24.3 Å². The molecule has 4 nitrogen and oxygen atoms in total. The summed E-state index contributed by atoms with van der Waals surface area (Å²) >= 11 is 0. The molecule has 4 heteroatoms. The van der Waals surface area contributed by atoms with Gasteiger partial charge in [0.15, 0.2) is 5.78 Å². The lowest BCUT2D eigenvalue weighted by Gasteiger charge is -2.06. The molecule has 0 aliphatic carbocycles. The van der Waals surface area contributed by atoms with E-state index >= 15 is 0 Å². The van der Waals surface area contributed by atoms with E-state index in [1.54, 1.807) is 0 Å². The number of azide groups is 1. The first-order chi connectivity index (χ1) is 8.63. The summed E-state index contributed by atoms with van der Waals surface area (Å²) in [6.45, 7) is 4.73. The fourth-order valence-electron chi connectivity index (χ4n) is 1.80. The van der Waals surface area contributed by atoms with Crippen LogP contribution in [0.4, 0.5) is 0 Å². The number of nitrogens with zero attached hydrogens (tertiary/aromatic N) is 3. The largest absolute Gasteiger partial charge is 0.294 e. The fourth-order valence-corrected chi connectivity index (χ4v) is 1.80. The van der Waals surface area contributed by atoms with Crippen molar-refractivity contribution in [3.05, 3.63) is 45.8 Å². The van der Waals surface area contributed by atoms with Crippen molar-refractivity contribution in [1.29, 1.82) is 0 Å². The van der Waals surface area contributed by atoms with E-state index in [-0.39, 0.29) is 5.78 Å². The monoisotopic (exact) mass is 245 g/mol. The second-order valence-electron chi connectivity index (χ2n) is 4.78. The van der Waals surface area contributed by atoms with Gasteiger partial charge in [-0.05, 0) is 29.9 Å². The molecule has 0 radical (unpaired) electrons. The van der Waals surface area contributed by atoms with Gasteiger partial charge in [0.05, 0.1) is 0 Å². The van der Waals surface area contributed by atoms with Crippen molar-refractivity contribution in [3.63, 3.8) is 0 Å². The molecule has 1 aromatic carbocycles. The number of ketones is 1. The molecule has 0 aromatic heterocycles. The molecular weight excluding hydrogens is 226 g/mol. The molecule has 0 saturated heterocycles. The third-order valence-corrected chi connectivity index (χ3v) is 2.65. The second-order valence-corrected chi connectivity index (χ2v) is 4.78. The highest BCUT2D eigenvalue weighted by Gasteiger charge is 2.05. The Bertz CT molecular complexity index is 431. The summed E-state index contributed by atoms with van der Waals surface area (Å²) in [7, 11) is 0. The van der Waals surface area contributed by atoms with Gasteiger partial charge in [0, 0.05) is 23.4 Å². The number of hydrogen-bond donors (Lipinski definition) is 0. The molecular formula is C14H19N3O. The first kappa shape index (κ1) is 14.3. The molecule has 0 spiro atoms. The summed E-state index contributed by atoms with van der Waals surface area (Å²) in [5.74, 6) is 0.731. The predicted octanol–water partition coefficient (Wildman–Crippen LogP) is 4.16. The molecule has 96 valence electrons. The second kappa shape index (κ2) is 7.51. The lowest BCUT2D eigenvalue weighted by molar-refractivity contribution is 0.0981. The Morgan fingerprint density at radius 3 is 2.56 bits per heavy atom. The average molecular weight is 245 g/mol. The molecule has 0 atom stereocenters. The lowest BCUT2D eigenvalue weighted by atomic mass is 9.99. The van der Waals surface area contributed by atoms with Crippen LogP contribution in [0.2, 0.25) is 0 Å². The summed E-state index contributed by atoms with van der Waals surface area (Å²) < 4.78 is 0. The third-order valence-electron chi connectivity index (χ3n) is 2.65. The van der Waals surface area contributed by atoms with Crippen LogP contribution in [0, 0.1) is 5.92 Å². The summed E-state index contributed by atoms with van der Waals surface area (Å²) in [6, 6.07) is 7.79. The molecule has 0 fully saturated rings. The third kappa shape index (κ3) is 5.02. The topological polar surface area (TPSA) is 65.8 Å². The summed E-state index contributed by atoms with van der Waals surface area (Å²) in [6.07, 6.45) is 2.07. The molecule has 0 N–H and O–H groups in total. The van der Waals surface area contributed by atoms with Gasteiger partial charge in [0.1, 0.15) is 0 Å². The van der Waals surface area contributed by atoms with Crippen molar-refractivity contribution in [2.75, 3.05) is 6.54 Å². The Morgan fingerprint density at radius 2 is 2.00 bits per heavy atom. The Kier molecular flexibility index (Phi) is 5.95. The van der Waals surface area contributed by atoms with Crippen molar-refractivity contribution in [1.82, 2.24) is 0 Å². The van der Waals surface area contributed by atoms with Crippen molar-refractivity contribution in [2.24, 2.45) is 11.0 Å². The summed E-state index contributed by atoms with van der Waals surface area (Å²) in [4.78, 5) is 14.5. The minimum atomic E-state index is 0.110. The molecule has 0 bridgehead atoms. The van der Waals surface area contributed by atoms with Gasteiger partial charge in [0.2, 0.25) is 0 Å². The quantitative estimate of drug-likeness (QED) is 0.234. The molecule has 1 rings (SSSR count). The highest BCUT2D eigenvalue weighted by molar-refractivity contribution is 5.96. The molecule has 18 heavy (non-hydrogen) atoms. The fraction of sp³-hybridized carbons (Fsp3) is 0.500. The molecule has 0 aliphatic rings. The maximum atomic E-state index is 11.8. The minimum Gasteiger partial charge on any atom is -0.294 e. The highest BCUT2D eigenvalue weighted by Crippen LogP contribution is 2.11. The van der Waals surface area contributed by atoms with Gasteiger partial charge < -0.3 is 0 Å². The maximum absolute atomic E-state index is 11.8. The van der Waals surface area contributed by atoms with Gasteiger partial charge in [-0.25, -0.2) is 0 Å². The lowest BCUT2D eigenvalue weighted by Crippen LogP contribution is -2.01. The van der Waals surface area contributed by atoms with E-state index in [1.165, 1.54) is 5.56 Å². The number of rotatable bonds is 7. The summed E-state index contributed by atoms with van der Waals surface area (Å²) in [5, 5.41) is 3.41. The van der Waals surface area contributed by atoms with Crippen LogP contribution in [0.1, 0.15) is 42.6 Å². The zero-order valence-electron chi connectivity index (χ0n) is 11.0. The first-order valence-electron chi connectivity index (χ1n) is 6.26. The van der Waals surface area contributed by atoms with Gasteiger partial charge >= 0.3 is 0 Å². The molecule has 0 saturated carbocycles. The van der Waals surface area contributed by atoms with Gasteiger partial charge in [-0.2, -0.15) is 0 Å². The number of Topliss-reactive ketones (excluding diaryl/α,β-unsaturated/α-hetero) is 1. The van der Waals surface area contributed by atoms with Crippen molar-refractivity contribution in [2.45, 2.75) is 33.1 Å². The van der Waals surface area contributed by atoms with E-state index in [4.69, 9.17) is 5.53 Å². The van der Waals surface area contributed by atoms with Crippen LogP contribution >= 0.6 is 0 Å². The van der Waals surface area contributed by atoms with Crippen LogP contribution in [0.3, 0.4) is 0 Å². The number of benzene rings is 1. The van der Waals surface area contributed by atoms with E-state index in [0.717, 1.165) is 12.0 Å². The Balaban J connectivity index is 2.51. The maximum Gasteiger partial charge on any atom is 0.162 e.